The smallest absolute Gasteiger partial charge is 0.217 e. The third-order valence-electron chi connectivity index (χ3n) is 2.05. The van der Waals surface area contributed by atoms with Gasteiger partial charge in [0.2, 0.25) is 5.91 Å². The van der Waals surface area contributed by atoms with Crippen molar-refractivity contribution in [1.29, 1.82) is 0 Å². The van der Waals surface area contributed by atoms with Crippen LogP contribution in [0.5, 0.6) is 0 Å². The lowest BCUT2D eigenvalue weighted by Crippen LogP contribution is -2.53. The molecule has 4 atom stereocenters. The van der Waals surface area contributed by atoms with Crippen LogP contribution in [0.2, 0.25) is 0 Å². The first-order valence-corrected chi connectivity index (χ1v) is 5.70. The van der Waals surface area contributed by atoms with Gasteiger partial charge in [-0.05, 0) is 0 Å². The molecule has 0 rings (SSSR count). The first kappa shape index (κ1) is 21.2. The monoisotopic (exact) mass is 297 g/mol. The van der Waals surface area contributed by atoms with Crippen LogP contribution in [0.1, 0.15) is 6.92 Å². The molecule has 1 amide bonds. The van der Waals surface area contributed by atoms with Gasteiger partial charge in [-0.2, -0.15) is 0 Å². The number of rotatable bonds is 8. The third-order valence-corrected chi connectivity index (χ3v) is 2.05. The molecule has 0 aromatic rings. The first-order chi connectivity index (χ1) is 9.35. The minimum Gasteiger partial charge on any atom is -0.394 e. The summed E-state index contributed by atoms with van der Waals surface area (Å²) in [5.41, 5.74) is 0. The standard InChI is InChI=1S/C8H15NO6.C3H8O2/c1-4(12)9-5(2-10)7(14)8(15)6(13)3-11;1-4-3-5-2/h2,5-8,11,13-15H,3H2,1H3,(H,9,12);3H2,1-2H3. The Balaban J connectivity index is 0. The average molecular weight is 297 g/mol. The summed E-state index contributed by atoms with van der Waals surface area (Å²) in [5.74, 6) is -0.558. The molecular weight excluding hydrogens is 274 g/mol. The van der Waals surface area contributed by atoms with Crippen molar-refractivity contribution in [3.63, 3.8) is 0 Å². The van der Waals surface area contributed by atoms with E-state index in [0.717, 1.165) is 6.92 Å². The van der Waals surface area contributed by atoms with Crippen LogP contribution in [0.15, 0.2) is 0 Å². The number of aldehydes is 1. The molecule has 0 aromatic heterocycles. The molecule has 9 heteroatoms. The summed E-state index contributed by atoms with van der Waals surface area (Å²) in [5, 5.41) is 38.2. The first-order valence-electron chi connectivity index (χ1n) is 5.70. The molecule has 5 N–H and O–H groups in total. The van der Waals surface area contributed by atoms with Gasteiger partial charge in [0.05, 0.1) is 6.61 Å². The molecule has 0 radical (unpaired) electrons. The van der Waals surface area contributed by atoms with Crippen molar-refractivity contribution >= 4 is 12.2 Å². The Hall–Kier alpha value is -1.10. The second-order valence-electron chi connectivity index (χ2n) is 3.79. The van der Waals surface area contributed by atoms with Gasteiger partial charge in [0.25, 0.3) is 0 Å². The van der Waals surface area contributed by atoms with Gasteiger partial charge in [0.15, 0.2) is 0 Å². The molecule has 0 aliphatic heterocycles. The number of carbonyl (C=O) groups is 2. The zero-order valence-corrected chi connectivity index (χ0v) is 11.7. The minimum atomic E-state index is -1.71. The molecular formula is C11H23NO8. The number of aliphatic hydroxyl groups is 4. The van der Waals surface area contributed by atoms with E-state index in [-0.39, 0.29) is 6.29 Å². The molecule has 0 aliphatic rings. The van der Waals surface area contributed by atoms with Crippen molar-refractivity contribution in [3.05, 3.63) is 0 Å². The Kier molecular flexibility index (Phi) is 13.7. The fourth-order valence-electron chi connectivity index (χ4n) is 1.10. The summed E-state index contributed by atoms with van der Waals surface area (Å²) in [6.07, 6.45) is -4.72. The molecule has 0 fully saturated rings. The summed E-state index contributed by atoms with van der Waals surface area (Å²) in [4.78, 5) is 21.1. The van der Waals surface area contributed by atoms with Crippen LogP contribution in [0.4, 0.5) is 0 Å². The molecule has 120 valence electrons. The van der Waals surface area contributed by atoms with Gasteiger partial charge in [-0.25, -0.2) is 0 Å². The predicted molar refractivity (Wildman–Crippen MR) is 67.7 cm³/mol. The highest BCUT2D eigenvalue weighted by Crippen LogP contribution is 2.03. The summed E-state index contributed by atoms with van der Waals surface area (Å²) < 4.78 is 8.94. The largest absolute Gasteiger partial charge is 0.394 e. The Morgan fingerprint density at radius 1 is 1.20 bits per heavy atom. The topological polar surface area (TPSA) is 146 Å². The molecule has 0 aliphatic carbocycles. The normalized spacial score (nSPS) is 16.1. The Bertz CT molecular complexity index is 261. The average Bonchev–Trinajstić information content (AvgIpc) is 2.43. The van der Waals surface area contributed by atoms with Gasteiger partial charge >= 0.3 is 0 Å². The van der Waals surface area contributed by atoms with Crippen molar-refractivity contribution in [3.8, 4) is 0 Å². The molecule has 4 unspecified atom stereocenters. The number of methoxy groups -OCH3 is 2. The van der Waals surface area contributed by atoms with Crippen molar-refractivity contribution in [2.45, 2.75) is 31.3 Å². The van der Waals surface area contributed by atoms with Crippen molar-refractivity contribution in [2.75, 3.05) is 27.6 Å². The highest BCUT2D eigenvalue weighted by molar-refractivity contribution is 5.77. The molecule has 9 nitrogen and oxygen atoms in total. The van der Waals surface area contributed by atoms with E-state index in [4.69, 9.17) is 10.2 Å². The second-order valence-corrected chi connectivity index (χ2v) is 3.79. The number of aliphatic hydroxyl groups excluding tert-OH is 4. The molecule has 0 saturated carbocycles. The minimum absolute atomic E-state index is 0.235. The van der Waals surface area contributed by atoms with Gasteiger partial charge in [-0.1, -0.05) is 0 Å². The lowest BCUT2D eigenvalue weighted by atomic mass is 10.0. The van der Waals surface area contributed by atoms with Crippen LogP contribution in [-0.2, 0) is 19.1 Å². The number of amides is 1. The van der Waals surface area contributed by atoms with E-state index in [9.17, 15) is 19.8 Å². The van der Waals surface area contributed by atoms with E-state index in [1.807, 2.05) is 0 Å². The number of carbonyl (C=O) groups excluding carboxylic acids is 2. The quantitative estimate of drug-likeness (QED) is 0.235. The van der Waals surface area contributed by atoms with Crippen molar-refractivity contribution in [2.24, 2.45) is 0 Å². The van der Waals surface area contributed by atoms with Crippen LogP contribution < -0.4 is 5.32 Å². The van der Waals surface area contributed by atoms with Crippen LogP contribution in [-0.4, -0.2) is 84.6 Å². The molecule has 0 bridgehead atoms. The van der Waals surface area contributed by atoms with E-state index in [2.05, 4.69) is 14.8 Å². The van der Waals surface area contributed by atoms with Gasteiger partial charge in [-0.15, -0.1) is 0 Å². The zero-order chi connectivity index (χ0) is 16.1. The maximum Gasteiger partial charge on any atom is 0.217 e. The van der Waals surface area contributed by atoms with Crippen LogP contribution in [0.25, 0.3) is 0 Å². The number of ether oxygens (including phenoxy) is 2. The van der Waals surface area contributed by atoms with E-state index >= 15 is 0 Å². The maximum absolute atomic E-state index is 10.6. The molecule has 0 aromatic carbocycles. The predicted octanol–water partition coefficient (Wildman–Crippen LogP) is -3.00. The highest BCUT2D eigenvalue weighted by atomic mass is 16.6. The van der Waals surface area contributed by atoms with E-state index < -0.39 is 36.9 Å². The number of hydrogen-bond donors (Lipinski definition) is 5. The third kappa shape index (κ3) is 9.78. The Morgan fingerprint density at radius 2 is 1.70 bits per heavy atom. The van der Waals surface area contributed by atoms with E-state index in [1.165, 1.54) is 0 Å². The number of nitrogens with one attached hydrogen (secondary N) is 1. The van der Waals surface area contributed by atoms with Gasteiger partial charge in [0.1, 0.15) is 37.4 Å². The van der Waals surface area contributed by atoms with Crippen LogP contribution >= 0.6 is 0 Å². The van der Waals surface area contributed by atoms with Gasteiger partial charge < -0.3 is 40.0 Å². The van der Waals surface area contributed by atoms with Gasteiger partial charge in [-0.3, -0.25) is 4.79 Å². The molecule has 20 heavy (non-hydrogen) atoms. The summed E-state index contributed by atoms with van der Waals surface area (Å²) in [6, 6.07) is -1.32. The fraction of sp³-hybridized carbons (Fsp3) is 0.818. The Morgan fingerprint density at radius 3 is 1.95 bits per heavy atom. The molecule has 0 spiro atoms. The molecule has 0 heterocycles. The highest BCUT2D eigenvalue weighted by Gasteiger charge is 2.31. The van der Waals surface area contributed by atoms with Crippen molar-refractivity contribution < 1.29 is 39.5 Å². The fourth-order valence-corrected chi connectivity index (χ4v) is 1.10. The molecule has 0 saturated heterocycles. The van der Waals surface area contributed by atoms with E-state index in [1.54, 1.807) is 14.2 Å². The lowest BCUT2D eigenvalue weighted by Gasteiger charge is -2.25. The zero-order valence-electron chi connectivity index (χ0n) is 11.7. The summed E-state index contributed by atoms with van der Waals surface area (Å²) in [7, 11) is 3.17. The van der Waals surface area contributed by atoms with Crippen LogP contribution in [0, 0.1) is 0 Å². The number of hydrogen-bond acceptors (Lipinski definition) is 8. The lowest BCUT2D eigenvalue weighted by molar-refractivity contribution is -0.129. The SMILES string of the molecule is CC(=O)NC(C=O)C(O)C(O)C(O)CO.COCOC. The van der Waals surface area contributed by atoms with Crippen molar-refractivity contribution in [1.82, 2.24) is 5.32 Å². The maximum atomic E-state index is 10.6. The summed E-state index contributed by atoms with van der Waals surface area (Å²) >= 11 is 0. The van der Waals surface area contributed by atoms with Gasteiger partial charge in [0, 0.05) is 21.1 Å². The van der Waals surface area contributed by atoms with Crippen LogP contribution in [0.3, 0.4) is 0 Å². The van der Waals surface area contributed by atoms with E-state index in [0.29, 0.717) is 6.79 Å². The summed E-state index contributed by atoms with van der Waals surface area (Å²) in [6.45, 7) is 0.766. The second kappa shape index (κ2) is 12.9. The Labute approximate surface area is 117 Å².